The molecule has 4 nitrogen and oxygen atoms in total. The van der Waals surface area contributed by atoms with Crippen LogP contribution in [-0.4, -0.2) is 36.3 Å². The van der Waals surface area contributed by atoms with Gasteiger partial charge in [-0.2, -0.15) is 0 Å². The summed E-state index contributed by atoms with van der Waals surface area (Å²) in [7, 11) is 0. The average molecular weight is 268 g/mol. The zero-order valence-corrected chi connectivity index (χ0v) is 11.8. The van der Waals surface area contributed by atoms with Crippen molar-refractivity contribution in [1.29, 1.82) is 0 Å². The molecule has 0 bridgehead atoms. The van der Waals surface area contributed by atoms with Gasteiger partial charge in [-0.15, -0.1) is 11.3 Å². The highest BCUT2D eigenvalue weighted by atomic mass is 32.1. The molecule has 0 fully saturated rings. The summed E-state index contributed by atoms with van der Waals surface area (Å²) in [5.74, 6) is -0.145. The first-order chi connectivity index (χ1) is 8.69. The summed E-state index contributed by atoms with van der Waals surface area (Å²) in [6, 6.07) is 3.64. The summed E-state index contributed by atoms with van der Waals surface area (Å²) in [5, 5.41) is 4.66. The summed E-state index contributed by atoms with van der Waals surface area (Å²) in [5.41, 5.74) is 0. The zero-order chi connectivity index (χ0) is 13.4. The molecule has 0 atom stereocenters. The van der Waals surface area contributed by atoms with Gasteiger partial charge >= 0.3 is 0 Å². The van der Waals surface area contributed by atoms with E-state index in [0.29, 0.717) is 18.0 Å². The molecule has 0 saturated heterocycles. The van der Waals surface area contributed by atoms with Gasteiger partial charge in [-0.3, -0.25) is 9.59 Å². The van der Waals surface area contributed by atoms with Crippen LogP contribution < -0.4 is 5.32 Å². The van der Waals surface area contributed by atoms with E-state index in [4.69, 9.17) is 0 Å². The lowest BCUT2D eigenvalue weighted by atomic mass is 10.3. The second kappa shape index (κ2) is 7.87. The van der Waals surface area contributed by atoms with Crippen molar-refractivity contribution in [3.63, 3.8) is 0 Å². The maximum absolute atomic E-state index is 12.2. The summed E-state index contributed by atoms with van der Waals surface area (Å²) < 4.78 is 0. The lowest BCUT2D eigenvalue weighted by Gasteiger charge is -2.20. The molecule has 1 N–H and O–H groups in total. The fourth-order valence-electron chi connectivity index (χ4n) is 1.57. The van der Waals surface area contributed by atoms with E-state index < -0.39 is 0 Å². The highest BCUT2D eigenvalue weighted by Crippen LogP contribution is 2.12. The van der Waals surface area contributed by atoms with Gasteiger partial charge < -0.3 is 10.2 Å². The number of nitrogens with zero attached hydrogens (tertiary/aromatic N) is 1. The molecular weight excluding hydrogens is 248 g/mol. The van der Waals surface area contributed by atoms with Crippen molar-refractivity contribution in [1.82, 2.24) is 10.2 Å². The Kier molecular flexibility index (Phi) is 6.43. The summed E-state index contributed by atoms with van der Waals surface area (Å²) in [6.45, 7) is 5.41. The van der Waals surface area contributed by atoms with Crippen LogP contribution in [0, 0.1) is 0 Å². The largest absolute Gasteiger partial charge is 0.355 e. The van der Waals surface area contributed by atoms with Crippen molar-refractivity contribution >= 4 is 23.2 Å². The molecule has 18 heavy (non-hydrogen) atoms. The highest BCUT2D eigenvalue weighted by Gasteiger charge is 2.18. The van der Waals surface area contributed by atoms with Gasteiger partial charge in [-0.1, -0.05) is 19.9 Å². The SMILES string of the molecule is CCCNC(=O)CN(CCC)C(=O)c1cccs1. The van der Waals surface area contributed by atoms with E-state index >= 15 is 0 Å². The molecule has 0 aliphatic carbocycles. The van der Waals surface area contributed by atoms with Crippen molar-refractivity contribution in [2.24, 2.45) is 0 Å². The Balaban J connectivity index is 2.59. The lowest BCUT2D eigenvalue weighted by Crippen LogP contribution is -2.41. The molecule has 5 heteroatoms. The Morgan fingerprint density at radius 1 is 1.33 bits per heavy atom. The Bertz CT molecular complexity index is 376. The quantitative estimate of drug-likeness (QED) is 0.823. The van der Waals surface area contributed by atoms with Crippen LogP contribution in [-0.2, 0) is 4.79 Å². The van der Waals surface area contributed by atoms with Gasteiger partial charge in [0.2, 0.25) is 5.91 Å². The lowest BCUT2D eigenvalue weighted by molar-refractivity contribution is -0.121. The first-order valence-corrected chi connectivity index (χ1v) is 7.16. The summed E-state index contributed by atoms with van der Waals surface area (Å²) >= 11 is 1.41. The fraction of sp³-hybridized carbons (Fsp3) is 0.538. The number of rotatable bonds is 7. The average Bonchev–Trinajstić information content (AvgIpc) is 2.88. The number of nitrogens with one attached hydrogen (secondary N) is 1. The van der Waals surface area contributed by atoms with Gasteiger partial charge in [-0.05, 0) is 24.3 Å². The zero-order valence-electron chi connectivity index (χ0n) is 10.9. The number of carbonyl (C=O) groups is 2. The van der Waals surface area contributed by atoms with E-state index in [9.17, 15) is 9.59 Å². The molecule has 0 unspecified atom stereocenters. The third-order valence-electron chi connectivity index (χ3n) is 2.42. The monoisotopic (exact) mass is 268 g/mol. The van der Waals surface area contributed by atoms with Crippen LogP contribution in [0.2, 0.25) is 0 Å². The highest BCUT2D eigenvalue weighted by molar-refractivity contribution is 7.12. The van der Waals surface area contributed by atoms with Gasteiger partial charge in [0.05, 0.1) is 11.4 Å². The molecule has 2 amide bonds. The standard InChI is InChI=1S/C13H20N2O2S/c1-3-7-14-12(16)10-15(8-4-2)13(17)11-6-5-9-18-11/h5-6,9H,3-4,7-8,10H2,1-2H3,(H,14,16). The molecule has 1 aromatic heterocycles. The number of hydrogen-bond acceptors (Lipinski definition) is 3. The van der Waals surface area contributed by atoms with Crippen LogP contribution in [0.1, 0.15) is 36.4 Å². The maximum atomic E-state index is 12.2. The number of hydrogen-bond donors (Lipinski definition) is 1. The van der Waals surface area contributed by atoms with Crippen molar-refractivity contribution in [3.05, 3.63) is 22.4 Å². The predicted molar refractivity (Wildman–Crippen MR) is 73.8 cm³/mol. The molecule has 0 saturated carbocycles. The van der Waals surface area contributed by atoms with Crippen LogP contribution in [0.25, 0.3) is 0 Å². The van der Waals surface area contributed by atoms with Crippen molar-refractivity contribution in [2.75, 3.05) is 19.6 Å². The molecule has 0 aromatic carbocycles. The first kappa shape index (κ1) is 14.7. The Labute approximate surface area is 112 Å². The Morgan fingerprint density at radius 2 is 2.11 bits per heavy atom. The van der Waals surface area contributed by atoms with Gasteiger partial charge in [0.15, 0.2) is 0 Å². The molecule has 1 aromatic rings. The van der Waals surface area contributed by atoms with E-state index in [1.807, 2.05) is 25.3 Å². The van der Waals surface area contributed by atoms with Gasteiger partial charge in [-0.25, -0.2) is 0 Å². The second-order valence-corrected chi connectivity index (χ2v) is 5.00. The van der Waals surface area contributed by atoms with Gasteiger partial charge in [0, 0.05) is 13.1 Å². The molecule has 0 spiro atoms. The Morgan fingerprint density at radius 3 is 2.67 bits per heavy atom. The summed E-state index contributed by atoms with van der Waals surface area (Å²) in [6.07, 6.45) is 1.75. The van der Waals surface area contributed by atoms with E-state index in [-0.39, 0.29) is 18.4 Å². The molecule has 0 radical (unpaired) electrons. The molecule has 0 aliphatic rings. The van der Waals surface area contributed by atoms with E-state index in [0.717, 1.165) is 12.8 Å². The second-order valence-electron chi connectivity index (χ2n) is 4.05. The third-order valence-corrected chi connectivity index (χ3v) is 3.28. The predicted octanol–water partition coefficient (Wildman–Crippen LogP) is 2.13. The van der Waals surface area contributed by atoms with Crippen molar-refractivity contribution < 1.29 is 9.59 Å². The number of thiophene rings is 1. The van der Waals surface area contributed by atoms with Crippen LogP contribution in [0.3, 0.4) is 0 Å². The molecule has 1 heterocycles. The van der Waals surface area contributed by atoms with E-state index in [1.54, 1.807) is 11.0 Å². The third kappa shape index (κ3) is 4.49. The van der Waals surface area contributed by atoms with Crippen LogP contribution in [0.5, 0.6) is 0 Å². The van der Waals surface area contributed by atoms with Crippen molar-refractivity contribution in [2.45, 2.75) is 26.7 Å². The van der Waals surface area contributed by atoms with Crippen LogP contribution in [0.4, 0.5) is 0 Å². The molecule has 0 aliphatic heterocycles. The minimum atomic E-state index is -0.0878. The summed E-state index contributed by atoms with van der Waals surface area (Å²) in [4.78, 5) is 26.1. The molecule has 1 rings (SSSR count). The van der Waals surface area contributed by atoms with E-state index in [2.05, 4.69) is 5.32 Å². The van der Waals surface area contributed by atoms with Crippen LogP contribution in [0.15, 0.2) is 17.5 Å². The normalized spacial score (nSPS) is 10.1. The topological polar surface area (TPSA) is 49.4 Å². The number of amides is 2. The minimum Gasteiger partial charge on any atom is -0.355 e. The fourth-order valence-corrected chi connectivity index (χ4v) is 2.26. The maximum Gasteiger partial charge on any atom is 0.264 e. The van der Waals surface area contributed by atoms with Gasteiger partial charge in [0.1, 0.15) is 0 Å². The molecule has 100 valence electrons. The Hall–Kier alpha value is -1.36. The smallest absolute Gasteiger partial charge is 0.264 e. The van der Waals surface area contributed by atoms with Crippen molar-refractivity contribution in [3.8, 4) is 0 Å². The minimum absolute atomic E-state index is 0.0569. The molecular formula is C13H20N2O2S. The first-order valence-electron chi connectivity index (χ1n) is 6.28. The number of carbonyl (C=O) groups excluding carboxylic acids is 2. The van der Waals surface area contributed by atoms with E-state index in [1.165, 1.54) is 11.3 Å². The van der Waals surface area contributed by atoms with Crippen LogP contribution >= 0.6 is 11.3 Å². The van der Waals surface area contributed by atoms with Gasteiger partial charge in [0.25, 0.3) is 5.91 Å².